The van der Waals surface area contributed by atoms with Crippen LogP contribution in [0.15, 0.2) is 50.6 Å². The van der Waals surface area contributed by atoms with E-state index in [-0.39, 0.29) is 0 Å². The molecule has 108 valence electrons. The van der Waals surface area contributed by atoms with E-state index in [1.165, 1.54) is 11.1 Å². The molecule has 0 unspecified atom stereocenters. The molecule has 0 aliphatic carbocycles. The number of hydrogen-bond donors (Lipinski definition) is 0. The number of aromatic nitrogens is 3. The lowest BCUT2D eigenvalue weighted by Crippen LogP contribution is -1.94. The van der Waals surface area contributed by atoms with Gasteiger partial charge < -0.3 is 8.98 Å². The first kappa shape index (κ1) is 14.4. The molecule has 0 saturated heterocycles. The Morgan fingerprint density at radius 3 is 2.57 bits per heavy atom. The Hall–Kier alpha value is -1.53. The Morgan fingerprint density at radius 2 is 1.90 bits per heavy atom. The average molecular weight is 364 g/mol. The van der Waals surface area contributed by atoms with Crippen molar-refractivity contribution in [2.75, 3.05) is 0 Å². The minimum atomic E-state index is 0.689. The highest BCUT2D eigenvalue weighted by molar-refractivity contribution is 9.10. The van der Waals surface area contributed by atoms with Gasteiger partial charge in [-0.15, -0.1) is 10.2 Å². The van der Waals surface area contributed by atoms with Crippen molar-refractivity contribution in [2.24, 2.45) is 7.05 Å². The van der Waals surface area contributed by atoms with E-state index in [0.717, 1.165) is 16.7 Å². The van der Waals surface area contributed by atoms with Gasteiger partial charge in [0.2, 0.25) is 0 Å². The van der Waals surface area contributed by atoms with E-state index < -0.39 is 0 Å². The monoisotopic (exact) mass is 363 g/mol. The van der Waals surface area contributed by atoms with Crippen molar-refractivity contribution in [1.82, 2.24) is 14.8 Å². The van der Waals surface area contributed by atoms with Gasteiger partial charge in [0.05, 0.1) is 0 Å². The van der Waals surface area contributed by atoms with Crippen LogP contribution in [-0.2, 0) is 12.8 Å². The van der Waals surface area contributed by atoms with Crippen LogP contribution in [0.3, 0.4) is 0 Å². The molecule has 0 amide bonds. The number of furan rings is 1. The molecule has 0 aliphatic heterocycles. The summed E-state index contributed by atoms with van der Waals surface area (Å²) < 4.78 is 8.16. The largest absolute Gasteiger partial charge is 0.446 e. The summed E-state index contributed by atoms with van der Waals surface area (Å²) >= 11 is 4.96. The second-order valence-electron chi connectivity index (χ2n) is 4.74. The van der Waals surface area contributed by atoms with Crippen molar-refractivity contribution in [3.05, 3.63) is 52.2 Å². The van der Waals surface area contributed by atoms with Crippen molar-refractivity contribution in [3.8, 4) is 11.6 Å². The van der Waals surface area contributed by atoms with Gasteiger partial charge in [0.25, 0.3) is 0 Å². The molecule has 4 nitrogen and oxygen atoms in total. The summed E-state index contributed by atoms with van der Waals surface area (Å²) in [4.78, 5) is 0. The molecule has 21 heavy (non-hydrogen) atoms. The molecule has 0 atom stereocenters. The number of benzene rings is 1. The van der Waals surface area contributed by atoms with E-state index in [0.29, 0.717) is 10.4 Å². The van der Waals surface area contributed by atoms with Crippen molar-refractivity contribution in [2.45, 2.75) is 17.8 Å². The standard InChI is InChI=1S/C15H14BrN3OS/c1-10-3-5-11(6-4-10)9-21-15-18-17-14(19(15)2)12-7-8-13(16)20-12/h3-8H,9H2,1-2H3. The van der Waals surface area contributed by atoms with Gasteiger partial charge in [-0.3, -0.25) is 0 Å². The molecule has 2 heterocycles. The first-order valence-electron chi connectivity index (χ1n) is 6.47. The summed E-state index contributed by atoms with van der Waals surface area (Å²) in [6, 6.07) is 12.3. The number of hydrogen-bond acceptors (Lipinski definition) is 4. The minimum Gasteiger partial charge on any atom is -0.446 e. The fourth-order valence-electron chi connectivity index (χ4n) is 1.92. The van der Waals surface area contributed by atoms with Gasteiger partial charge in [0.15, 0.2) is 21.4 Å². The molecule has 0 fully saturated rings. The van der Waals surface area contributed by atoms with Crippen LogP contribution in [0.1, 0.15) is 11.1 Å². The van der Waals surface area contributed by atoms with Gasteiger partial charge in [0.1, 0.15) is 0 Å². The predicted molar refractivity (Wildman–Crippen MR) is 87.1 cm³/mol. The van der Waals surface area contributed by atoms with Gasteiger partial charge in [-0.05, 0) is 40.5 Å². The molecule has 0 saturated carbocycles. The van der Waals surface area contributed by atoms with Crippen LogP contribution in [0.25, 0.3) is 11.6 Å². The summed E-state index contributed by atoms with van der Waals surface area (Å²) in [6.07, 6.45) is 0. The topological polar surface area (TPSA) is 43.9 Å². The van der Waals surface area contributed by atoms with E-state index in [2.05, 4.69) is 57.3 Å². The molecule has 2 aromatic heterocycles. The first-order chi connectivity index (χ1) is 10.1. The fraction of sp³-hybridized carbons (Fsp3) is 0.200. The van der Waals surface area contributed by atoms with Gasteiger partial charge >= 0.3 is 0 Å². The third kappa shape index (κ3) is 3.22. The molecule has 0 radical (unpaired) electrons. The quantitative estimate of drug-likeness (QED) is 0.642. The Labute approximate surface area is 135 Å². The maximum absolute atomic E-state index is 5.52. The van der Waals surface area contributed by atoms with Crippen LogP contribution >= 0.6 is 27.7 Å². The molecule has 3 aromatic rings. The van der Waals surface area contributed by atoms with Gasteiger partial charge in [-0.1, -0.05) is 41.6 Å². The average Bonchev–Trinajstić information content (AvgIpc) is 3.05. The molecule has 0 aliphatic rings. The fourth-order valence-corrected chi connectivity index (χ4v) is 3.10. The van der Waals surface area contributed by atoms with Crippen LogP contribution in [0.2, 0.25) is 0 Å². The smallest absolute Gasteiger partial charge is 0.200 e. The highest BCUT2D eigenvalue weighted by atomic mass is 79.9. The lowest BCUT2D eigenvalue weighted by Gasteiger charge is -2.03. The van der Waals surface area contributed by atoms with E-state index in [1.807, 2.05) is 23.7 Å². The normalized spacial score (nSPS) is 11.0. The summed E-state index contributed by atoms with van der Waals surface area (Å²) in [5.74, 6) is 2.31. The highest BCUT2D eigenvalue weighted by Crippen LogP contribution is 2.27. The minimum absolute atomic E-state index is 0.689. The molecule has 3 rings (SSSR count). The van der Waals surface area contributed by atoms with Crippen LogP contribution in [0.4, 0.5) is 0 Å². The van der Waals surface area contributed by atoms with Crippen molar-refractivity contribution in [3.63, 3.8) is 0 Å². The van der Waals surface area contributed by atoms with E-state index >= 15 is 0 Å². The number of rotatable bonds is 4. The SMILES string of the molecule is Cc1ccc(CSc2nnc(-c3ccc(Br)o3)n2C)cc1. The maximum Gasteiger partial charge on any atom is 0.200 e. The zero-order valence-electron chi connectivity index (χ0n) is 11.7. The Bertz CT molecular complexity index is 749. The van der Waals surface area contributed by atoms with Crippen molar-refractivity contribution in [1.29, 1.82) is 0 Å². The first-order valence-corrected chi connectivity index (χ1v) is 8.25. The summed E-state index contributed by atoms with van der Waals surface area (Å²) in [5.41, 5.74) is 2.55. The summed E-state index contributed by atoms with van der Waals surface area (Å²) in [5, 5.41) is 9.31. The number of thioether (sulfide) groups is 1. The lowest BCUT2D eigenvalue weighted by atomic mass is 10.2. The predicted octanol–water partition coefficient (Wildman–Crippen LogP) is 4.44. The highest BCUT2D eigenvalue weighted by Gasteiger charge is 2.14. The molecule has 6 heteroatoms. The van der Waals surface area contributed by atoms with Crippen LogP contribution in [-0.4, -0.2) is 14.8 Å². The van der Waals surface area contributed by atoms with Crippen molar-refractivity contribution >= 4 is 27.7 Å². The second kappa shape index (κ2) is 6.07. The van der Waals surface area contributed by atoms with E-state index in [9.17, 15) is 0 Å². The Balaban J connectivity index is 1.75. The lowest BCUT2D eigenvalue weighted by molar-refractivity contribution is 0.547. The van der Waals surface area contributed by atoms with E-state index in [1.54, 1.807) is 11.8 Å². The van der Waals surface area contributed by atoms with Gasteiger partial charge in [-0.25, -0.2) is 0 Å². The number of nitrogens with zero attached hydrogens (tertiary/aromatic N) is 3. The van der Waals surface area contributed by atoms with Crippen LogP contribution in [0.5, 0.6) is 0 Å². The molecule has 0 N–H and O–H groups in total. The summed E-state index contributed by atoms with van der Waals surface area (Å²) in [7, 11) is 1.95. The number of aryl methyl sites for hydroxylation is 1. The maximum atomic E-state index is 5.52. The second-order valence-corrected chi connectivity index (χ2v) is 6.47. The third-order valence-corrected chi connectivity index (χ3v) is 4.63. The zero-order valence-corrected chi connectivity index (χ0v) is 14.1. The molecular weight excluding hydrogens is 350 g/mol. The molecular formula is C15H14BrN3OS. The summed E-state index contributed by atoms with van der Waals surface area (Å²) in [6.45, 7) is 2.09. The van der Waals surface area contributed by atoms with Crippen molar-refractivity contribution < 1.29 is 4.42 Å². The Morgan fingerprint density at radius 1 is 1.14 bits per heavy atom. The molecule has 0 bridgehead atoms. The third-order valence-electron chi connectivity index (χ3n) is 3.12. The molecule has 0 spiro atoms. The van der Waals surface area contributed by atoms with Crippen LogP contribution in [0, 0.1) is 6.92 Å². The van der Waals surface area contributed by atoms with Crippen LogP contribution < -0.4 is 0 Å². The zero-order chi connectivity index (χ0) is 14.8. The molecule has 1 aromatic carbocycles. The Kier molecular flexibility index (Phi) is 4.17. The number of halogens is 1. The van der Waals surface area contributed by atoms with E-state index in [4.69, 9.17) is 4.42 Å². The van der Waals surface area contributed by atoms with Gasteiger partial charge in [0, 0.05) is 12.8 Å². The van der Waals surface area contributed by atoms with Gasteiger partial charge in [-0.2, -0.15) is 0 Å².